The number of rotatable bonds is 7. The Morgan fingerprint density at radius 2 is 2.00 bits per heavy atom. The molecule has 0 aliphatic carbocycles. The molecule has 3 aromatic rings. The van der Waals surface area contributed by atoms with Crippen LogP contribution in [-0.4, -0.2) is 22.9 Å². The number of benzene rings is 2. The molecule has 0 atom stereocenters. The lowest BCUT2D eigenvalue weighted by Crippen LogP contribution is -2.11. The Morgan fingerprint density at radius 3 is 2.61 bits per heavy atom. The van der Waals surface area contributed by atoms with E-state index in [1.165, 1.54) is 0 Å². The number of nitriles is 1. The highest BCUT2D eigenvalue weighted by molar-refractivity contribution is 9.09. The first-order valence-electron chi connectivity index (χ1n) is 9.19. The molecule has 0 unspecified atom stereocenters. The summed E-state index contributed by atoms with van der Waals surface area (Å²) in [6, 6.07) is 15.8. The largest absolute Gasteiger partial charge is 0.497 e. The maximum Gasteiger partial charge on any atom is 0.224 e. The molecule has 1 amide bonds. The number of ether oxygens (including phenoxy) is 1. The van der Waals surface area contributed by atoms with Gasteiger partial charge in [-0.2, -0.15) is 5.26 Å². The Morgan fingerprint density at radius 1 is 1.25 bits per heavy atom. The molecule has 0 fully saturated rings. The van der Waals surface area contributed by atoms with Gasteiger partial charge in [0.05, 0.1) is 23.9 Å². The zero-order valence-electron chi connectivity index (χ0n) is 16.0. The summed E-state index contributed by atoms with van der Waals surface area (Å²) in [7, 11) is 1.64. The fourth-order valence-electron chi connectivity index (χ4n) is 3.36. The Balaban J connectivity index is 2.01. The number of fused-ring (bicyclic) bond motifs is 1. The van der Waals surface area contributed by atoms with Crippen LogP contribution in [-0.2, 0) is 11.3 Å². The number of methoxy groups -OCH3 is 1. The second-order valence-corrected chi connectivity index (χ2v) is 7.17. The summed E-state index contributed by atoms with van der Waals surface area (Å²) in [4.78, 5) is 11.9. The van der Waals surface area contributed by atoms with Crippen molar-refractivity contribution in [2.75, 3.05) is 17.8 Å². The van der Waals surface area contributed by atoms with Gasteiger partial charge in [0.1, 0.15) is 11.8 Å². The maximum absolute atomic E-state index is 11.9. The van der Waals surface area contributed by atoms with Gasteiger partial charge in [-0.25, -0.2) is 0 Å². The van der Waals surface area contributed by atoms with Gasteiger partial charge in [0.15, 0.2) is 0 Å². The van der Waals surface area contributed by atoms with Gasteiger partial charge in [-0.15, -0.1) is 0 Å². The van der Waals surface area contributed by atoms with Crippen LogP contribution in [0.2, 0.25) is 0 Å². The molecular weight excluding hydrogens is 418 g/mol. The van der Waals surface area contributed by atoms with Crippen molar-refractivity contribution in [2.24, 2.45) is 0 Å². The van der Waals surface area contributed by atoms with Crippen LogP contribution in [0.1, 0.15) is 25.3 Å². The highest BCUT2D eigenvalue weighted by Gasteiger charge is 2.18. The molecule has 0 spiro atoms. The van der Waals surface area contributed by atoms with Crippen LogP contribution < -0.4 is 10.1 Å². The van der Waals surface area contributed by atoms with E-state index in [1.807, 2.05) is 42.5 Å². The predicted molar refractivity (Wildman–Crippen MR) is 116 cm³/mol. The normalized spacial score (nSPS) is 10.6. The Hall–Kier alpha value is -2.78. The molecule has 6 heteroatoms. The van der Waals surface area contributed by atoms with E-state index in [9.17, 15) is 10.1 Å². The quantitative estimate of drug-likeness (QED) is 0.506. The lowest BCUT2D eigenvalue weighted by Gasteiger charge is -2.10. The summed E-state index contributed by atoms with van der Waals surface area (Å²) >= 11 is 3.33. The van der Waals surface area contributed by atoms with Crippen molar-refractivity contribution in [1.29, 1.82) is 5.26 Å². The van der Waals surface area contributed by atoms with Crippen molar-refractivity contribution in [3.8, 4) is 23.1 Å². The number of nitrogens with zero attached hydrogens (tertiary/aromatic N) is 2. The van der Waals surface area contributed by atoms with Gasteiger partial charge in [-0.05, 0) is 43.2 Å². The number of nitrogens with one attached hydrogen (secondary N) is 1. The number of aromatic nitrogens is 1. The number of carbonyl (C=O) groups is 1. The lowest BCUT2D eigenvalue weighted by atomic mass is 10.1. The third kappa shape index (κ3) is 3.90. The molecule has 0 aliphatic rings. The second kappa shape index (κ2) is 8.94. The summed E-state index contributed by atoms with van der Waals surface area (Å²) < 4.78 is 7.48. The fraction of sp³-hybridized carbons (Fsp3) is 0.273. The number of hydrogen-bond donors (Lipinski definition) is 1. The third-order valence-electron chi connectivity index (χ3n) is 4.68. The van der Waals surface area contributed by atoms with Crippen LogP contribution in [0.3, 0.4) is 0 Å². The van der Waals surface area contributed by atoms with Gasteiger partial charge >= 0.3 is 0 Å². The molecule has 0 saturated carbocycles. The topological polar surface area (TPSA) is 67.0 Å². The second-order valence-electron chi connectivity index (χ2n) is 6.38. The van der Waals surface area contributed by atoms with Gasteiger partial charge in [0.2, 0.25) is 5.91 Å². The Kier molecular flexibility index (Phi) is 6.37. The van der Waals surface area contributed by atoms with Crippen LogP contribution in [0, 0.1) is 11.3 Å². The molecule has 28 heavy (non-hydrogen) atoms. The third-order valence-corrected chi connectivity index (χ3v) is 5.24. The van der Waals surface area contributed by atoms with Gasteiger partial charge in [0, 0.05) is 35.4 Å². The van der Waals surface area contributed by atoms with Gasteiger partial charge < -0.3 is 14.6 Å². The SMILES string of the molecule is CCn1c(-c2ccc(NC(=O)CCCBr)cc2)c(C#N)c2ccc(OC)cc21. The molecule has 0 radical (unpaired) electrons. The van der Waals surface area contributed by atoms with E-state index in [-0.39, 0.29) is 5.91 Å². The molecule has 2 aromatic carbocycles. The van der Waals surface area contributed by atoms with Gasteiger partial charge in [0.25, 0.3) is 0 Å². The minimum absolute atomic E-state index is 0.000296. The number of anilines is 1. The zero-order chi connectivity index (χ0) is 20.1. The van der Waals surface area contributed by atoms with Crippen molar-refractivity contribution in [2.45, 2.75) is 26.3 Å². The highest BCUT2D eigenvalue weighted by atomic mass is 79.9. The Labute approximate surface area is 173 Å². The molecule has 0 aliphatic heterocycles. The Bertz CT molecular complexity index is 1030. The summed E-state index contributed by atoms with van der Waals surface area (Å²) in [5.41, 5.74) is 4.19. The van der Waals surface area contributed by atoms with Crippen LogP contribution in [0.5, 0.6) is 5.75 Å². The van der Waals surface area contributed by atoms with Crippen LogP contribution in [0.4, 0.5) is 5.69 Å². The van der Waals surface area contributed by atoms with E-state index in [2.05, 4.69) is 38.8 Å². The van der Waals surface area contributed by atoms with Crippen molar-refractivity contribution in [3.05, 3.63) is 48.0 Å². The first-order valence-corrected chi connectivity index (χ1v) is 10.3. The molecule has 3 rings (SSSR count). The molecular formula is C22H22BrN3O2. The molecule has 1 heterocycles. The lowest BCUT2D eigenvalue weighted by molar-refractivity contribution is -0.116. The number of halogens is 1. The van der Waals surface area contributed by atoms with Crippen molar-refractivity contribution < 1.29 is 9.53 Å². The number of amides is 1. The van der Waals surface area contributed by atoms with Crippen LogP contribution in [0.15, 0.2) is 42.5 Å². The van der Waals surface area contributed by atoms with Crippen molar-refractivity contribution in [3.63, 3.8) is 0 Å². The minimum Gasteiger partial charge on any atom is -0.497 e. The van der Waals surface area contributed by atoms with Gasteiger partial charge in [-0.3, -0.25) is 4.79 Å². The minimum atomic E-state index is -0.000296. The average Bonchev–Trinajstić information content (AvgIpc) is 3.05. The van der Waals surface area contributed by atoms with Crippen molar-refractivity contribution >= 4 is 38.4 Å². The first kappa shape index (κ1) is 20.0. The summed E-state index contributed by atoms with van der Waals surface area (Å²) in [6.45, 7) is 2.79. The summed E-state index contributed by atoms with van der Waals surface area (Å²) in [5, 5.41) is 14.4. The number of hydrogen-bond acceptors (Lipinski definition) is 3. The zero-order valence-corrected chi connectivity index (χ0v) is 17.5. The molecule has 5 nitrogen and oxygen atoms in total. The standard InChI is InChI=1S/C22H22BrN3O2/c1-3-26-20-13-17(28-2)10-11-18(20)19(14-24)22(26)15-6-8-16(9-7-15)25-21(27)5-4-12-23/h6-11,13H,3-5,12H2,1-2H3,(H,25,27). The van der Waals surface area contributed by atoms with Gasteiger partial charge in [-0.1, -0.05) is 28.1 Å². The van der Waals surface area contributed by atoms with E-state index in [0.29, 0.717) is 12.0 Å². The van der Waals surface area contributed by atoms with Crippen LogP contribution in [0.25, 0.3) is 22.2 Å². The molecule has 144 valence electrons. The van der Waals surface area contributed by atoms with E-state index in [1.54, 1.807) is 7.11 Å². The molecule has 1 N–H and O–H groups in total. The van der Waals surface area contributed by atoms with E-state index in [0.717, 1.165) is 51.9 Å². The highest BCUT2D eigenvalue weighted by Crippen LogP contribution is 2.35. The van der Waals surface area contributed by atoms with E-state index < -0.39 is 0 Å². The smallest absolute Gasteiger partial charge is 0.224 e. The number of alkyl halides is 1. The van der Waals surface area contributed by atoms with E-state index >= 15 is 0 Å². The summed E-state index contributed by atoms with van der Waals surface area (Å²) in [6.07, 6.45) is 1.28. The number of carbonyl (C=O) groups excluding carboxylic acids is 1. The summed E-state index contributed by atoms with van der Waals surface area (Å²) in [5.74, 6) is 0.761. The maximum atomic E-state index is 11.9. The number of aryl methyl sites for hydroxylation is 1. The molecule has 0 saturated heterocycles. The fourth-order valence-corrected chi connectivity index (χ4v) is 3.64. The predicted octanol–water partition coefficient (Wildman–Crippen LogP) is 5.32. The molecule has 0 bridgehead atoms. The molecule has 1 aromatic heterocycles. The first-order chi connectivity index (χ1) is 13.6. The van der Waals surface area contributed by atoms with Crippen LogP contribution >= 0.6 is 15.9 Å². The average molecular weight is 440 g/mol. The monoisotopic (exact) mass is 439 g/mol. The van der Waals surface area contributed by atoms with E-state index in [4.69, 9.17) is 4.74 Å². The van der Waals surface area contributed by atoms with Crippen molar-refractivity contribution in [1.82, 2.24) is 4.57 Å².